The fourth-order valence-corrected chi connectivity index (χ4v) is 2.55. The van der Waals surface area contributed by atoms with E-state index >= 15 is 0 Å². The van der Waals surface area contributed by atoms with Gasteiger partial charge in [0, 0.05) is 32.4 Å². The zero-order chi connectivity index (χ0) is 16.1. The van der Waals surface area contributed by atoms with Gasteiger partial charge in [0.1, 0.15) is 0 Å². The number of hydrogen-bond donors (Lipinski definition) is 0. The summed E-state index contributed by atoms with van der Waals surface area (Å²) >= 11 is 0. The Morgan fingerprint density at radius 3 is 2.45 bits per heavy atom. The smallest absolute Gasteiger partial charge is 0.271 e. The lowest BCUT2D eigenvalue weighted by Crippen LogP contribution is -2.52. The van der Waals surface area contributed by atoms with Gasteiger partial charge in [-0.3, -0.25) is 4.79 Å². The van der Waals surface area contributed by atoms with E-state index in [0.29, 0.717) is 30.5 Å². The van der Waals surface area contributed by atoms with Crippen molar-refractivity contribution in [3.05, 3.63) is 18.3 Å². The lowest BCUT2D eigenvalue weighted by molar-refractivity contribution is -0.135. The summed E-state index contributed by atoms with van der Waals surface area (Å²) in [6.45, 7) is 10.9. The minimum atomic E-state index is -0.698. The number of rotatable bonds is 5. The fourth-order valence-electron chi connectivity index (χ4n) is 2.55. The van der Waals surface area contributed by atoms with Crippen LogP contribution in [0, 0.1) is 0 Å². The second-order valence-corrected chi connectivity index (χ2v) is 4.98. The van der Waals surface area contributed by atoms with Gasteiger partial charge in [0.05, 0.1) is 0 Å². The normalized spacial score (nSPS) is 16.4. The van der Waals surface area contributed by atoms with E-state index < -0.39 is 6.10 Å². The van der Waals surface area contributed by atoms with E-state index in [0.717, 1.165) is 13.1 Å². The maximum absolute atomic E-state index is 12.8. The molecule has 2 heterocycles. The summed E-state index contributed by atoms with van der Waals surface area (Å²) in [5, 5.41) is 0. The van der Waals surface area contributed by atoms with Crippen LogP contribution in [0.1, 0.15) is 27.7 Å². The van der Waals surface area contributed by atoms with Gasteiger partial charge in [-0.2, -0.15) is 0 Å². The number of amides is 1. The van der Waals surface area contributed by atoms with Gasteiger partial charge in [-0.05, 0) is 39.8 Å². The van der Waals surface area contributed by atoms with E-state index in [2.05, 4.69) is 9.98 Å². The summed E-state index contributed by atoms with van der Waals surface area (Å²) in [6.07, 6.45) is 0.981. The van der Waals surface area contributed by atoms with E-state index in [9.17, 15) is 4.79 Å². The minimum absolute atomic E-state index is 0.0508. The molecule has 0 spiro atoms. The van der Waals surface area contributed by atoms with Crippen LogP contribution in [0.15, 0.2) is 23.3 Å². The number of likely N-dealkylation sites (N-methyl/N-ethyl adjacent to an activating group) is 2. The number of pyridine rings is 1. The van der Waals surface area contributed by atoms with Crippen molar-refractivity contribution in [3.63, 3.8) is 0 Å². The molecule has 0 aromatic carbocycles. The van der Waals surface area contributed by atoms with Gasteiger partial charge in [-0.15, -0.1) is 0 Å². The third-order valence-corrected chi connectivity index (χ3v) is 3.84. The van der Waals surface area contributed by atoms with Crippen molar-refractivity contribution in [1.82, 2.24) is 14.8 Å². The van der Waals surface area contributed by atoms with Gasteiger partial charge < -0.3 is 14.5 Å². The van der Waals surface area contributed by atoms with Gasteiger partial charge in [0.15, 0.2) is 17.4 Å². The second-order valence-electron chi connectivity index (χ2n) is 4.98. The van der Waals surface area contributed by atoms with Gasteiger partial charge in [0.25, 0.3) is 5.91 Å². The van der Waals surface area contributed by atoms with Gasteiger partial charge in [-0.1, -0.05) is 0 Å². The molecule has 0 N–H and O–H groups in total. The molecular formula is C16H24N4O2. The van der Waals surface area contributed by atoms with Crippen LogP contribution in [0.3, 0.4) is 0 Å². The molecule has 2 rings (SSSR count). The molecule has 6 heteroatoms. The highest BCUT2D eigenvalue weighted by atomic mass is 16.5. The summed E-state index contributed by atoms with van der Waals surface area (Å²) in [5.41, 5.74) is 0. The third kappa shape index (κ3) is 3.05. The molecule has 22 heavy (non-hydrogen) atoms. The summed E-state index contributed by atoms with van der Waals surface area (Å²) in [4.78, 5) is 25.4. The maximum Gasteiger partial charge on any atom is 0.271 e. The van der Waals surface area contributed by atoms with Gasteiger partial charge in [0.2, 0.25) is 6.10 Å². The predicted molar refractivity (Wildman–Crippen MR) is 86.6 cm³/mol. The van der Waals surface area contributed by atoms with E-state index in [-0.39, 0.29) is 5.91 Å². The molecule has 0 radical (unpaired) electrons. The van der Waals surface area contributed by atoms with Crippen LogP contribution < -0.4 is 4.74 Å². The lowest BCUT2D eigenvalue weighted by atomic mass is 10.2. The first-order valence-electron chi connectivity index (χ1n) is 7.90. The van der Waals surface area contributed by atoms with Crippen molar-refractivity contribution in [2.24, 2.45) is 4.99 Å². The molecule has 1 unspecified atom stereocenters. The lowest BCUT2D eigenvalue weighted by Gasteiger charge is -2.34. The standard InChI is InChI=1S/C16H24N4O2/c1-5-19(6-2)15-13(16(21)20(7-3)8-4)22-12-10-9-11-17-14(12)18-15/h9-11,13H,5-8H2,1-4H3. The zero-order valence-corrected chi connectivity index (χ0v) is 13.7. The highest BCUT2D eigenvalue weighted by Gasteiger charge is 2.36. The van der Waals surface area contributed by atoms with Crippen molar-refractivity contribution in [1.29, 1.82) is 0 Å². The van der Waals surface area contributed by atoms with Crippen LogP contribution in [0.4, 0.5) is 5.82 Å². The first-order valence-corrected chi connectivity index (χ1v) is 7.90. The highest BCUT2D eigenvalue weighted by molar-refractivity contribution is 6.08. The first-order chi connectivity index (χ1) is 10.7. The average Bonchev–Trinajstić information content (AvgIpc) is 2.56. The molecule has 120 valence electrons. The van der Waals surface area contributed by atoms with Gasteiger partial charge >= 0.3 is 0 Å². The van der Waals surface area contributed by atoms with E-state index in [4.69, 9.17) is 4.74 Å². The molecule has 1 aromatic rings. The summed E-state index contributed by atoms with van der Waals surface area (Å²) in [7, 11) is 0. The number of nitrogens with zero attached hydrogens (tertiary/aromatic N) is 4. The number of ether oxygens (including phenoxy) is 1. The third-order valence-electron chi connectivity index (χ3n) is 3.84. The van der Waals surface area contributed by atoms with Crippen LogP contribution >= 0.6 is 0 Å². The summed E-state index contributed by atoms with van der Waals surface area (Å²) in [5.74, 6) is 1.69. The highest BCUT2D eigenvalue weighted by Crippen LogP contribution is 2.31. The van der Waals surface area contributed by atoms with Crippen LogP contribution in [-0.2, 0) is 4.79 Å². The molecule has 1 atom stereocenters. The van der Waals surface area contributed by atoms with E-state index in [1.165, 1.54) is 0 Å². The molecule has 1 aliphatic heterocycles. The number of carbonyl (C=O) groups is 1. The van der Waals surface area contributed by atoms with Crippen LogP contribution in [-0.4, -0.2) is 58.8 Å². The molecule has 1 aliphatic rings. The molecule has 1 amide bonds. The Kier molecular flexibility index (Phi) is 5.35. The minimum Gasteiger partial charge on any atom is -0.469 e. The quantitative estimate of drug-likeness (QED) is 0.836. The molecule has 0 bridgehead atoms. The predicted octanol–water partition coefficient (Wildman–Crippen LogP) is 2.08. The summed E-state index contributed by atoms with van der Waals surface area (Å²) in [6, 6.07) is 3.59. The first kappa shape index (κ1) is 16.3. The van der Waals surface area contributed by atoms with Crippen molar-refractivity contribution in [2.45, 2.75) is 33.8 Å². The molecule has 0 aliphatic carbocycles. The monoisotopic (exact) mass is 304 g/mol. The zero-order valence-electron chi connectivity index (χ0n) is 13.7. The van der Waals surface area contributed by atoms with Crippen LogP contribution in [0.2, 0.25) is 0 Å². The molecule has 6 nitrogen and oxygen atoms in total. The fraction of sp³-hybridized carbons (Fsp3) is 0.562. The van der Waals surface area contributed by atoms with Crippen molar-refractivity contribution in [3.8, 4) is 5.75 Å². The Morgan fingerprint density at radius 2 is 1.86 bits per heavy atom. The maximum atomic E-state index is 12.8. The Balaban J connectivity index is 2.41. The number of amidine groups is 1. The molecule has 1 aromatic heterocycles. The number of aromatic nitrogens is 1. The SMILES string of the molecule is CCN(CC)C(=O)C1Oc2cccnc2N=C1N(CC)CC. The topological polar surface area (TPSA) is 58.0 Å². The molecule has 0 saturated heterocycles. The number of fused-ring (bicyclic) bond motifs is 1. The Labute approximate surface area is 131 Å². The van der Waals surface area contributed by atoms with Crippen LogP contribution in [0.25, 0.3) is 0 Å². The number of hydrogen-bond acceptors (Lipinski definition) is 5. The summed E-state index contributed by atoms with van der Waals surface area (Å²) < 4.78 is 5.95. The Hall–Kier alpha value is -2.11. The molecule has 0 saturated carbocycles. The second kappa shape index (κ2) is 7.24. The van der Waals surface area contributed by atoms with Crippen molar-refractivity contribution >= 4 is 17.6 Å². The van der Waals surface area contributed by atoms with Crippen LogP contribution in [0.5, 0.6) is 5.75 Å². The van der Waals surface area contributed by atoms with E-state index in [1.807, 2.05) is 32.6 Å². The average molecular weight is 304 g/mol. The number of carbonyl (C=O) groups excluding carboxylic acids is 1. The number of aliphatic imine (C=N–C) groups is 1. The largest absolute Gasteiger partial charge is 0.469 e. The Morgan fingerprint density at radius 1 is 1.18 bits per heavy atom. The van der Waals surface area contributed by atoms with E-state index in [1.54, 1.807) is 23.2 Å². The van der Waals surface area contributed by atoms with Crippen molar-refractivity contribution < 1.29 is 9.53 Å². The van der Waals surface area contributed by atoms with Crippen molar-refractivity contribution in [2.75, 3.05) is 26.2 Å². The molecular weight excluding hydrogens is 280 g/mol. The Bertz CT molecular complexity index is 551. The molecule has 0 fully saturated rings. The van der Waals surface area contributed by atoms with Gasteiger partial charge in [-0.25, -0.2) is 9.98 Å².